The smallest absolute Gasteiger partial charge is 0.253 e. The Balaban J connectivity index is 1.49. The van der Waals surface area contributed by atoms with Crippen LogP contribution >= 0.6 is 0 Å². The first-order valence-corrected chi connectivity index (χ1v) is 9.53. The highest BCUT2D eigenvalue weighted by Crippen LogP contribution is 2.16. The molecule has 2 aliphatic heterocycles. The molecule has 2 fully saturated rings. The van der Waals surface area contributed by atoms with Gasteiger partial charge in [-0.1, -0.05) is 6.92 Å². The van der Waals surface area contributed by atoms with E-state index in [-0.39, 0.29) is 17.7 Å². The van der Waals surface area contributed by atoms with Crippen LogP contribution in [0.3, 0.4) is 0 Å². The maximum Gasteiger partial charge on any atom is 0.253 e. The van der Waals surface area contributed by atoms with Gasteiger partial charge >= 0.3 is 0 Å². The number of piperazine rings is 1. The van der Waals surface area contributed by atoms with Crippen molar-refractivity contribution >= 4 is 11.8 Å². The van der Waals surface area contributed by atoms with E-state index in [2.05, 4.69) is 4.90 Å². The number of carbonyl (C=O) groups is 2. The highest BCUT2D eigenvalue weighted by molar-refractivity contribution is 5.94. The van der Waals surface area contributed by atoms with Gasteiger partial charge < -0.3 is 19.4 Å². The van der Waals surface area contributed by atoms with E-state index in [9.17, 15) is 9.59 Å². The Morgan fingerprint density at radius 2 is 1.54 bits per heavy atom. The van der Waals surface area contributed by atoms with Crippen LogP contribution in [0.1, 0.15) is 30.1 Å². The van der Waals surface area contributed by atoms with Crippen LogP contribution in [-0.4, -0.2) is 79.4 Å². The monoisotopic (exact) mass is 359 g/mol. The van der Waals surface area contributed by atoms with Crippen molar-refractivity contribution in [2.24, 2.45) is 5.92 Å². The van der Waals surface area contributed by atoms with Crippen molar-refractivity contribution in [1.82, 2.24) is 14.7 Å². The number of methoxy groups -OCH3 is 1. The van der Waals surface area contributed by atoms with E-state index in [4.69, 9.17) is 4.74 Å². The van der Waals surface area contributed by atoms with Crippen LogP contribution in [-0.2, 0) is 4.79 Å². The van der Waals surface area contributed by atoms with Crippen LogP contribution in [0.15, 0.2) is 24.3 Å². The molecule has 2 amide bonds. The predicted molar refractivity (Wildman–Crippen MR) is 100 cm³/mol. The van der Waals surface area contributed by atoms with E-state index >= 15 is 0 Å². The molecule has 6 heteroatoms. The fourth-order valence-corrected chi connectivity index (χ4v) is 3.79. The van der Waals surface area contributed by atoms with Gasteiger partial charge in [-0.3, -0.25) is 9.59 Å². The number of carbonyl (C=O) groups excluding carboxylic acids is 2. The molecule has 0 bridgehead atoms. The second kappa shape index (κ2) is 8.54. The molecular formula is C20H29N3O3. The molecule has 2 heterocycles. The minimum Gasteiger partial charge on any atom is -0.497 e. The molecule has 2 aliphatic rings. The molecule has 1 aromatic rings. The normalized spacial score (nSPS) is 19.5. The molecule has 1 atom stereocenters. The lowest BCUT2D eigenvalue weighted by atomic mass is 10.1. The van der Waals surface area contributed by atoms with Crippen LogP contribution in [0.25, 0.3) is 0 Å². The van der Waals surface area contributed by atoms with Crippen LogP contribution in [0.5, 0.6) is 5.75 Å². The standard InChI is InChI=1S/C20H29N3O3/c1-16(15-21-9-3-4-10-21)19(24)22-11-13-23(14-12-22)20(25)17-5-7-18(26-2)8-6-17/h5-8,16H,3-4,9-15H2,1-2H3/t16-/m0/s1. The van der Waals surface area contributed by atoms with E-state index in [1.165, 1.54) is 12.8 Å². The van der Waals surface area contributed by atoms with Gasteiger partial charge in [0.05, 0.1) is 7.11 Å². The Morgan fingerprint density at radius 3 is 2.12 bits per heavy atom. The minimum absolute atomic E-state index is 0.0184. The van der Waals surface area contributed by atoms with Gasteiger partial charge in [-0.05, 0) is 50.2 Å². The van der Waals surface area contributed by atoms with Gasteiger partial charge in [0.1, 0.15) is 5.75 Å². The third kappa shape index (κ3) is 4.36. The Hall–Kier alpha value is -2.08. The van der Waals surface area contributed by atoms with Crippen molar-refractivity contribution in [3.63, 3.8) is 0 Å². The summed E-state index contributed by atoms with van der Waals surface area (Å²) in [5, 5.41) is 0. The number of hydrogen-bond acceptors (Lipinski definition) is 4. The molecule has 1 aromatic carbocycles. The molecule has 0 N–H and O–H groups in total. The second-order valence-corrected chi connectivity index (χ2v) is 7.25. The lowest BCUT2D eigenvalue weighted by Gasteiger charge is -2.36. The summed E-state index contributed by atoms with van der Waals surface area (Å²) in [6.07, 6.45) is 2.49. The van der Waals surface area contributed by atoms with Crippen molar-refractivity contribution in [1.29, 1.82) is 0 Å². The first kappa shape index (κ1) is 18.7. The van der Waals surface area contributed by atoms with Crippen LogP contribution in [0.2, 0.25) is 0 Å². The quantitative estimate of drug-likeness (QED) is 0.803. The fourth-order valence-electron chi connectivity index (χ4n) is 3.79. The Morgan fingerprint density at radius 1 is 0.962 bits per heavy atom. The SMILES string of the molecule is COc1ccc(C(=O)N2CCN(C(=O)[C@@H](C)CN3CCCC3)CC2)cc1. The van der Waals surface area contributed by atoms with Gasteiger partial charge in [-0.15, -0.1) is 0 Å². The van der Waals surface area contributed by atoms with E-state index < -0.39 is 0 Å². The summed E-state index contributed by atoms with van der Waals surface area (Å²) in [5.41, 5.74) is 0.660. The first-order valence-electron chi connectivity index (χ1n) is 9.53. The number of likely N-dealkylation sites (tertiary alicyclic amines) is 1. The Labute approximate surface area is 155 Å². The Kier molecular flexibility index (Phi) is 6.14. The molecule has 0 aromatic heterocycles. The average Bonchev–Trinajstić information content (AvgIpc) is 3.20. The predicted octanol–water partition coefficient (Wildman–Crippen LogP) is 1.71. The molecule has 0 spiro atoms. The molecule has 26 heavy (non-hydrogen) atoms. The van der Waals surface area contributed by atoms with E-state index in [0.717, 1.165) is 25.4 Å². The maximum absolute atomic E-state index is 12.7. The number of ether oxygens (including phenoxy) is 1. The summed E-state index contributed by atoms with van der Waals surface area (Å²) >= 11 is 0. The van der Waals surface area contributed by atoms with Gasteiger partial charge in [0.15, 0.2) is 0 Å². The molecule has 0 saturated carbocycles. The topological polar surface area (TPSA) is 53.1 Å². The summed E-state index contributed by atoms with van der Waals surface area (Å²) in [4.78, 5) is 31.4. The second-order valence-electron chi connectivity index (χ2n) is 7.25. The summed E-state index contributed by atoms with van der Waals surface area (Å²) in [6.45, 7) is 7.51. The zero-order valence-corrected chi connectivity index (χ0v) is 15.8. The third-order valence-corrected chi connectivity index (χ3v) is 5.37. The molecule has 0 radical (unpaired) electrons. The number of benzene rings is 1. The van der Waals surface area contributed by atoms with E-state index in [1.807, 2.05) is 16.7 Å². The first-order chi connectivity index (χ1) is 12.6. The molecular weight excluding hydrogens is 330 g/mol. The average molecular weight is 359 g/mol. The molecule has 142 valence electrons. The van der Waals surface area contributed by atoms with Crippen LogP contribution < -0.4 is 4.74 Å². The van der Waals surface area contributed by atoms with Crippen molar-refractivity contribution < 1.29 is 14.3 Å². The van der Waals surface area contributed by atoms with Crippen LogP contribution in [0.4, 0.5) is 0 Å². The van der Waals surface area contributed by atoms with Gasteiger partial charge in [0.25, 0.3) is 5.91 Å². The highest BCUT2D eigenvalue weighted by Gasteiger charge is 2.28. The van der Waals surface area contributed by atoms with Crippen molar-refractivity contribution in [3.8, 4) is 5.75 Å². The summed E-state index contributed by atoms with van der Waals surface area (Å²) in [6, 6.07) is 7.17. The third-order valence-electron chi connectivity index (χ3n) is 5.37. The minimum atomic E-state index is 0.0184. The number of rotatable bonds is 5. The Bertz CT molecular complexity index is 618. The molecule has 2 saturated heterocycles. The molecule has 0 aliphatic carbocycles. The lowest BCUT2D eigenvalue weighted by molar-refractivity contribution is -0.137. The lowest BCUT2D eigenvalue weighted by Crippen LogP contribution is -2.52. The number of nitrogens with zero attached hydrogens (tertiary/aromatic N) is 3. The summed E-state index contributed by atoms with van der Waals surface area (Å²) < 4.78 is 5.13. The zero-order valence-electron chi connectivity index (χ0n) is 15.8. The van der Waals surface area contributed by atoms with Gasteiger partial charge in [-0.25, -0.2) is 0 Å². The van der Waals surface area contributed by atoms with Crippen molar-refractivity contribution in [2.45, 2.75) is 19.8 Å². The summed E-state index contributed by atoms with van der Waals surface area (Å²) in [5.74, 6) is 0.999. The summed E-state index contributed by atoms with van der Waals surface area (Å²) in [7, 11) is 1.61. The van der Waals surface area contributed by atoms with E-state index in [1.54, 1.807) is 31.4 Å². The molecule has 6 nitrogen and oxygen atoms in total. The van der Waals surface area contributed by atoms with Gasteiger partial charge in [0, 0.05) is 44.2 Å². The maximum atomic E-state index is 12.7. The fraction of sp³-hybridized carbons (Fsp3) is 0.600. The highest BCUT2D eigenvalue weighted by atomic mass is 16.5. The van der Waals surface area contributed by atoms with Crippen molar-refractivity contribution in [3.05, 3.63) is 29.8 Å². The number of hydrogen-bond donors (Lipinski definition) is 0. The van der Waals surface area contributed by atoms with Crippen molar-refractivity contribution in [2.75, 3.05) is 52.9 Å². The number of amides is 2. The largest absolute Gasteiger partial charge is 0.497 e. The van der Waals surface area contributed by atoms with Gasteiger partial charge in [-0.2, -0.15) is 0 Å². The van der Waals surface area contributed by atoms with Gasteiger partial charge in [0.2, 0.25) is 5.91 Å². The van der Waals surface area contributed by atoms with E-state index in [0.29, 0.717) is 31.7 Å². The van der Waals surface area contributed by atoms with Crippen LogP contribution in [0, 0.1) is 5.92 Å². The molecule has 3 rings (SSSR count). The zero-order chi connectivity index (χ0) is 18.5. The molecule has 0 unspecified atom stereocenters.